The first-order valence-corrected chi connectivity index (χ1v) is 7.94. The van der Waals surface area contributed by atoms with Crippen LogP contribution in [0.5, 0.6) is 0 Å². The molecule has 2 aromatic carbocycles. The maximum absolute atomic E-state index is 13.2. The molecule has 102 valence electrons. The summed E-state index contributed by atoms with van der Waals surface area (Å²) >= 11 is 5.41. The van der Waals surface area contributed by atoms with Gasteiger partial charge in [0.2, 0.25) is 5.91 Å². The van der Waals surface area contributed by atoms with E-state index in [-0.39, 0.29) is 11.7 Å². The highest BCUT2D eigenvalue weighted by Gasteiger charge is 2.27. The fourth-order valence-electron chi connectivity index (χ4n) is 2.35. The van der Waals surface area contributed by atoms with Gasteiger partial charge in [0, 0.05) is 9.26 Å². The van der Waals surface area contributed by atoms with Gasteiger partial charge in [-0.1, -0.05) is 6.07 Å². The van der Waals surface area contributed by atoms with Gasteiger partial charge in [0.05, 0.1) is 17.4 Å². The molecular weight excluding hydrogens is 436 g/mol. The van der Waals surface area contributed by atoms with E-state index in [1.165, 1.54) is 6.07 Å². The fraction of sp³-hybridized carbons (Fsp3) is 0.133. The van der Waals surface area contributed by atoms with Crippen LogP contribution in [-0.4, -0.2) is 5.91 Å². The van der Waals surface area contributed by atoms with Crippen LogP contribution in [0.1, 0.15) is 11.1 Å². The van der Waals surface area contributed by atoms with Crippen molar-refractivity contribution in [2.75, 3.05) is 4.90 Å². The highest BCUT2D eigenvalue weighted by Crippen LogP contribution is 2.31. The fourth-order valence-corrected chi connectivity index (χ4v) is 3.33. The zero-order chi connectivity index (χ0) is 14.3. The molecule has 0 saturated heterocycles. The zero-order valence-electron chi connectivity index (χ0n) is 10.4. The van der Waals surface area contributed by atoms with Gasteiger partial charge in [0.25, 0.3) is 0 Å². The number of rotatable bonds is 2. The SMILES string of the molecule is O=C1Cc2cc(I)ccc2N1Cc1ccc(F)c(Br)c1. The van der Waals surface area contributed by atoms with Crippen LogP contribution >= 0.6 is 38.5 Å². The Morgan fingerprint density at radius 1 is 1.25 bits per heavy atom. The molecule has 0 aliphatic carbocycles. The molecule has 0 unspecified atom stereocenters. The van der Waals surface area contributed by atoms with Crippen LogP contribution in [0, 0.1) is 9.39 Å². The van der Waals surface area contributed by atoms with E-state index >= 15 is 0 Å². The summed E-state index contributed by atoms with van der Waals surface area (Å²) in [5.41, 5.74) is 2.91. The third-order valence-electron chi connectivity index (χ3n) is 3.30. The van der Waals surface area contributed by atoms with Crippen molar-refractivity contribution < 1.29 is 9.18 Å². The van der Waals surface area contributed by atoms with Crippen LogP contribution < -0.4 is 4.90 Å². The Morgan fingerprint density at radius 3 is 2.80 bits per heavy atom. The second-order valence-electron chi connectivity index (χ2n) is 4.68. The van der Waals surface area contributed by atoms with Crippen molar-refractivity contribution in [2.24, 2.45) is 0 Å². The molecule has 0 radical (unpaired) electrons. The van der Waals surface area contributed by atoms with Crippen molar-refractivity contribution in [3.8, 4) is 0 Å². The second kappa shape index (κ2) is 5.44. The summed E-state index contributed by atoms with van der Waals surface area (Å²) in [7, 11) is 0. The van der Waals surface area contributed by atoms with Crippen LogP contribution in [0.2, 0.25) is 0 Å². The third kappa shape index (κ3) is 2.61. The van der Waals surface area contributed by atoms with Gasteiger partial charge in [-0.05, 0) is 80.0 Å². The Bertz CT molecular complexity index is 704. The van der Waals surface area contributed by atoms with Gasteiger partial charge < -0.3 is 4.90 Å². The lowest BCUT2D eigenvalue weighted by Crippen LogP contribution is -2.26. The number of benzene rings is 2. The van der Waals surface area contributed by atoms with E-state index in [0.29, 0.717) is 17.4 Å². The first-order valence-electron chi connectivity index (χ1n) is 6.07. The second-order valence-corrected chi connectivity index (χ2v) is 6.78. The van der Waals surface area contributed by atoms with Crippen LogP contribution in [0.4, 0.5) is 10.1 Å². The molecule has 0 saturated carbocycles. The van der Waals surface area contributed by atoms with Gasteiger partial charge in [-0.15, -0.1) is 0 Å². The van der Waals surface area contributed by atoms with E-state index in [4.69, 9.17) is 0 Å². The first kappa shape index (κ1) is 14.0. The molecule has 2 nitrogen and oxygen atoms in total. The van der Waals surface area contributed by atoms with E-state index in [1.54, 1.807) is 17.0 Å². The molecule has 0 spiro atoms. The van der Waals surface area contributed by atoms with E-state index in [2.05, 4.69) is 38.5 Å². The van der Waals surface area contributed by atoms with Crippen LogP contribution in [0.3, 0.4) is 0 Å². The van der Waals surface area contributed by atoms with Gasteiger partial charge in [0.15, 0.2) is 0 Å². The summed E-state index contributed by atoms with van der Waals surface area (Å²) in [6.45, 7) is 0.464. The molecule has 0 aromatic heterocycles. The number of amides is 1. The highest BCUT2D eigenvalue weighted by molar-refractivity contribution is 14.1. The predicted molar refractivity (Wildman–Crippen MR) is 88.2 cm³/mol. The van der Waals surface area contributed by atoms with Gasteiger partial charge in [-0.25, -0.2) is 4.39 Å². The number of carbonyl (C=O) groups is 1. The lowest BCUT2D eigenvalue weighted by atomic mass is 10.1. The van der Waals surface area contributed by atoms with Crippen molar-refractivity contribution in [2.45, 2.75) is 13.0 Å². The Hall–Kier alpha value is -0.950. The Kier molecular flexibility index (Phi) is 3.81. The number of anilines is 1. The largest absolute Gasteiger partial charge is 0.307 e. The minimum absolute atomic E-state index is 0.0856. The molecule has 5 heteroatoms. The number of hydrogen-bond donors (Lipinski definition) is 0. The smallest absolute Gasteiger partial charge is 0.231 e. The van der Waals surface area contributed by atoms with Crippen molar-refractivity contribution in [3.63, 3.8) is 0 Å². The van der Waals surface area contributed by atoms with E-state index < -0.39 is 0 Å². The number of nitrogens with zero attached hydrogens (tertiary/aromatic N) is 1. The summed E-state index contributed by atoms with van der Waals surface area (Å²) in [6, 6.07) is 10.8. The monoisotopic (exact) mass is 445 g/mol. The Balaban J connectivity index is 1.92. The van der Waals surface area contributed by atoms with E-state index in [1.807, 2.05) is 18.2 Å². The normalized spacial score (nSPS) is 13.8. The van der Waals surface area contributed by atoms with Crippen molar-refractivity contribution in [1.29, 1.82) is 0 Å². The minimum Gasteiger partial charge on any atom is -0.307 e. The third-order valence-corrected chi connectivity index (χ3v) is 4.58. The summed E-state index contributed by atoms with van der Waals surface area (Å²) in [5, 5.41) is 0. The number of fused-ring (bicyclic) bond motifs is 1. The van der Waals surface area contributed by atoms with E-state index in [9.17, 15) is 9.18 Å². The summed E-state index contributed by atoms with van der Waals surface area (Å²) < 4.78 is 14.8. The molecule has 0 fully saturated rings. The van der Waals surface area contributed by atoms with Gasteiger partial charge >= 0.3 is 0 Å². The maximum Gasteiger partial charge on any atom is 0.231 e. The molecule has 0 bridgehead atoms. The first-order chi connectivity index (χ1) is 9.54. The molecule has 0 atom stereocenters. The standard InChI is InChI=1S/C15H10BrFINO/c16-12-5-9(1-3-13(12)17)8-19-14-4-2-11(18)6-10(14)7-15(19)20/h1-6H,7-8H2. The molecule has 1 aliphatic rings. The molecule has 2 aromatic rings. The Morgan fingerprint density at radius 2 is 2.05 bits per heavy atom. The molecule has 0 N–H and O–H groups in total. The van der Waals surface area contributed by atoms with Gasteiger partial charge in [-0.2, -0.15) is 0 Å². The average Bonchev–Trinajstić information content (AvgIpc) is 2.69. The van der Waals surface area contributed by atoms with Crippen LogP contribution in [-0.2, 0) is 17.8 Å². The Labute approximate surface area is 138 Å². The van der Waals surface area contributed by atoms with Crippen molar-refractivity contribution in [3.05, 3.63) is 61.4 Å². The van der Waals surface area contributed by atoms with Gasteiger partial charge in [-0.3, -0.25) is 4.79 Å². The molecule has 20 heavy (non-hydrogen) atoms. The quantitative estimate of drug-likeness (QED) is 0.632. The summed E-state index contributed by atoms with van der Waals surface area (Å²) in [4.78, 5) is 13.9. The topological polar surface area (TPSA) is 20.3 Å². The molecule has 1 aliphatic heterocycles. The lowest BCUT2D eigenvalue weighted by molar-refractivity contribution is -0.117. The van der Waals surface area contributed by atoms with E-state index in [0.717, 1.165) is 20.4 Å². The summed E-state index contributed by atoms with van der Waals surface area (Å²) in [5.74, 6) is -0.209. The molecule has 1 amide bonds. The summed E-state index contributed by atoms with van der Waals surface area (Å²) in [6.07, 6.45) is 0.439. The molecule has 3 rings (SSSR count). The van der Waals surface area contributed by atoms with Gasteiger partial charge in [0.1, 0.15) is 5.82 Å². The number of halogens is 3. The lowest BCUT2D eigenvalue weighted by Gasteiger charge is -2.18. The van der Waals surface area contributed by atoms with Crippen molar-refractivity contribution >= 4 is 50.1 Å². The molecular formula is C15H10BrFINO. The van der Waals surface area contributed by atoms with Crippen molar-refractivity contribution in [1.82, 2.24) is 0 Å². The zero-order valence-corrected chi connectivity index (χ0v) is 14.1. The number of hydrogen-bond acceptors (Lipinski definition) is 1. The number of carbonyl (C=O) groups excluding carboxylic acids is 1. The van der Waals surface area contributed by atoms with Crippen LogP contribution in [0.15, 0.2) is 40.9 Å². The maximum atomic E-state index is 13.2. The highest BCUT2D eigenvalue weighted by atomic mass is 127. The average molecular weight is 446 g/mol. The van der Waals surface area contributed by atoms with Crippen LogP contribution in [0.25, 0.3) is 0 Å². The molecule has 1 heterocycles. The predicted octanol–water partition coefficient (Wildman–Crippen LogP) is 4.28. The minimum atomic E-state index is -0.295.